The van der Waals surface area contributed by atoms with Crippen LogP contribution in [0.15, 0.2) is 144 Å². The highest BCUT2D eigenvalue weighted by atomic mass is 16.3. The standard InChI is InChI=1S/C62H53BN2O/c1-59(2,3)34-23-26-36(27-24-34)65-49-31-41-38-18-13-16-22-51(38)66-52(41)32-43(49)54-53-39-19-12-15-21-45(39)62(9,10)56(53)55-42-29-35(60(4,5)6)25-28-48(42)64-50-30-40-37-17-11-14-20-44(37)61(7,8)46(40)33-47(50)63(65)57(54)58(55)64/h11-33H,1-10H3. The summed E-state index contributed by atoms with van der Waals surface area (Å²) in [6.45, 7) is 23.7. The maximum Gasteiger partial charge on any atom is 0.333 e. The van der Waals surface area contributed by atoms with E-state index in [1.165, 1.54) is 117 Å². The fourth-order valence-electron chi connectivity index (χ4n) is 13.1. The van der Waals surface area contributed by atoms with Crippen LogP contribution in [0.1, 0.15) is 103 Å². The number of rotatable bonds is 1. The molecule has 14 rings (SSSR count). The summed E-state index contributed by atoms with van der Waals surface area (Å²) >= 11 is 0. The van der Waals surface area contributed by atoms with Crippen molar-refractivity contribution in [2.75, 3.05) is 4.81 Å². The molecule has 4 aliphatic rings. The van der Waals surface area contributed by atoms with Crippen LogP contribution in [-0.4, -0.2) is 11.4 Å². The number of benzene rings is 8. The second-order valence-corrected chi connectivity index (χ2v) is 22.9. The normalized spacial score (nSPS) is 15.9. The number of para-hydroxylation sites is 1. The molecular weight excluding hydrogens is 800 g/mol. The Balaban J connectivity index is 1.24. The minimum absolute atomic E-state index is 0.0190. The van der Waals surface area contributed by atoms with E-state index in [1.807, 2.05) is 0 Å². The average molecular weight is 853 g/mol. The maximum absolute atomic E-state index is 6.84. The van der Waals surface area contributed by atoms with Crippen LogP contribution in [0, 0.1) is 0 Å². The molecule has 2 aliphatic heterocycles. The van der Waals surface area contributed by atoms with E-state index in [1.54, 1.807) is 0 Å². The second-order valence-electron chi connectivity index (χ2n) is 22.9. The first-order chi connectivity index (χ1) is 31.5. The molecule has 3 nitrogen and oxygen atoms in total. The lowest BCUT2D eigenvalue weighted by Crippen LogP contribution is -2.61. The Morgan fingerprint density at radius 3 is 1.91 bits per heavy atom. The number of furan rings is 1. The summed E-state index contributed by atoms with van der Waals surface area (Å²) in [4.78, 5) is 2.71. The molecule has 0 spiro atoms. The first-order valence-corrected chi connectivity index (χ1v) is 24.0. The van der Waals surface area contributed by atoms with Gasteiger partial charge in [-0.25, -0.2) is 0 Å². The van der Waals surface area contributed by atoms with Crippen molar-refractivity contribution in [1.29, 1.82) is 0 Å². The smallest absolute Gasteiger partial charge is 0.333 e. The van der Waals surface area contributed by atoms with Gasteiger partial charge in [0.2, 0.25) is 0 Å². The molecule has 0 unspecified atom stereocenters. The van der Waals surface area contributed by atoms with Crippen LogP contribution in [0.5, 0.6) is 0 Å². The van der Waals surface area contributed by atoms with Gasteiger partial charge in [0.05, 0.1) is 11.0 Å². The van der Waals surface area contributed by atoms with Gasteiger partial charge in [-0.1, -0.05) is 160 Å². The van der Waals surface area contributed by atoms with Gasteiger partial charge in [0, 0.05) is 55.0 Å². The zero-order valence-corrected chi connectivity index (χ0v) is 39.7. The van der Waals surface area contributed by atoms with E-state index < -0.39 is 0 Å². The summed E-state index contributed by atoms with van der Waals surface area (Å²) in [5.41, 5.74) is 26.7. The number of hydrogen-bond donors (Lipinski definition) is 0. The molecule has 0 bridgehead atoms. The maximum atomic E-state index is 6.84. The molecule has 2 aliphatic carbocycles. The fraction of sp³-hybridized carbons (Fsp3) is 0.226. The SMILES string of the molecule is CC(C)(C)c1ccc(N2B3c4cc5c(cc4-n4c6ccc(C(C)(C)C)cc6c6c7c(c(c3c64)-c3cc4oc6ccccc6c4cc32)-c2ccccc2C7(C)C)-c2ccccc2C5(C)C)cc1. The van der Waals surface area contributed by atoms with E-state index >= 15 is 0 Å². The van der Waals surface area contributed by atoms with Gasteiger partial charge < -0.3 is 13.8 Å². The van der Waals surface area contributed by atoms with Crippen molar-refractivity contribution in [3.05, 3.63) is 173 Å². The summed E-state index contributed by atoms with van der Waals surface area (Å²) in [7, 11) is 0. The largest absolute Gasteiger partial charge is 0.456 e. The first-order valence-electron chi connectivity index (χ1n) is 24.0. The summed E-state index contributed by atoms with van der Waals surface area (Å²) in [6, 6.07) is 53.9. The van der Waals surface area contributed by atoms with Crippen LogP contribution in [0.4, 0.5) is 11.4 Å². The first kappa shape index (κ1) is 38.5. The lowest BCUT2D eigenvalue weighted by molar-refractivity contribution is 0.590. The summed E-state index contributed by atoms with van der Waals surface area (Å²) in [5, 5.41) is 5.02. The van der Waals surface area contributed by atoms with E-state index in [9.17, 15) is 0 Å². The van der Waals surface area contributed by atoms with E-state index in [-0.39, 0.29) is 28.5 Å². The van der Waals surface area contributed by atoms with Gasteiger partial charge in [-0.05, 0) is 131 Å². The highest BCUT2D eigenvalue weighted by Gasteiger charge is 2.51. The van der Waals surface area contributed by atoms with E-state index in [0.717, 1.165) is 21.9 Å². The lowest BCUT2D eigenvalue weighted by Gasteiger charge is -2.43. The molecule has 2 aromatic heterocycles. The molecule has 4 heteroatoms. The van der Waals surface area contributed by atoms with Gasteiger partial charge in [0.1, 0.15) is 11.2 Å². The van der Waals surface area contributed by atoms with E-state index in [4.69, 9.17) is 4.42 Å². The predicted octanol–water partition coefficient (Wildman–Crippen LogP) is 15.1. The Kier molecular flexibility index (Phi) is 7.09. The Labute approximate surface area is 387 Å². The van der Waals surface area contributed by atoms with E-state index in [0.29, 0.717) is 0 Å². The Hall–Kier alpha value is -6.78. The molecule has 320 valence electrons. The molecule has 4 heterocycles. The average Bonchev–Trinajstić information content (AvgIpc) is 3.97. The molecule has 8 aromatic carbocycles. The van der Waals surface area contributed by atoms with Gasteiger partial charge in [-0.2, -0.15) is 0 Å². The molecule has 0 N–H and O–H groups in total. The van der Waals surface area contributed by atoms with Gasteiger partial charge in [0.25, 0.3) is 0 Å². The number of aromatic nitrogens is 1. The molecule has 10 aromatic rings. The third-order valence-electron chi connectivity index (χ3n) is 16.4. The third-order valence-corrected chi connectivity index (χ3v) is 16.4. The molecule has 0 saturated heterocycles. The topological polar surface area (TPSA) is 21.3 Å². The van der Waals surface area contributed by atoms with Crippen molar-refractivity contribution in [2.45, 2.75) is 90.9 Å². The van der Waals surface area contributed by atoms with Crippen molar-refractivity contribution in [3.8, 4) is 39.1 Å². The monoisotopic (exact) mass is 852 g/mol. The molecule has 0 atom stereocenters. The van der Waals surface area contributed by atoms with Gasteiger partial charge >= 0.3 is 6.85 Å². The van der Waals surface area contributed by atoms with Crippen LogP contribution < -0.4 is 15.7 Å². The molecular formula is C62H53BN2O. The van der Waals surface area contributed by atoms with Crippen LogP contribution in [0.25, 0.3) is 82.8 Å². The Bertz CT molecular complexity index is 3840. The minimum atomic E-state index is -0.266. The minimum Gasteiger partial charge on any atom is -0.456 e. The van der Waals surface area contributed by atoms with Crippen molar-refractivity contribution in [3.63, 3.8) is 0 Å². The summed E-state index contributed by atoms with van der Waals surface area (Å²) in [5.74, 6) is 0. The molecule has 66 heavy (non-hydrogen) atoms. The number of nitrogens with zero attached hydrogens (tertiary/aromatic N) is 2. The van der Waals surface area contributed by atoms with Gasteiger partial charge in [0.15, 0.2) is 0 Å². The zero-order chi connectivity index (χ0) is 45.1. The van der Waals surface area contributed by atoms with Crippen molar-refractivity contribution in [1.82, 2.24) is 4.57 Å². The number of anilines is 2. The highest BCUT2D eigenvalue weighted by molar-refractivity contribution is 6.94. The van der Waals surface area contributed by atoms with Crippen molar-refractivity contribution in [2.24, 2.45) is 0 Å². The predicted molar refractivity (Wildman–Crippen MR) is 280 cm³/mol. The Morgan fingerprint density at radius 1 is 0.500 bits per heavy atom. The van der Waals surface area contributed by atoms with Gasteiger partial charge in [-0.15, -0.1) is 0 Å². The van der Waals surface area contributed by atoms with Crippen LogP contribution in [-0.2, 0) is 21.7 Å². The molecule has 0 amide bonds. The lowest BCUT2D eigenvalue weighted by atomic mass is 9.43. The number of hydrogen-bond acceptors (Lipinski definition) is 2. The second kappa shape index (κ2) is 12.2. The molecule has 0 fully saturated rings. The molecule has 0 radical (unpaired) electrons. The Morgan fingerprint density at radius 2 is 1.17 bits per heavy atom. The van der Waals surface area contributed by atoms with Crippen LogP contribution in [0.3, 0.4) is 0 Å². The highest BCUT2D eigenvalue weighted by Crippen LogP contribution is 2.60. The third kappa shape index (κ3) is 4.65. The van der Waals surface area contributed by atoms with Crippen LogP contribution in [0.2, 0.25) is 0 Å². The van der Waals surface area contributed by atoms with Crippen molar-refractivity contribution < 1.29 is 4.42 Å². The zero-order valence-electron chi connectivity index (χ0n) is 39.7. The summed E-state index contributed by atoms with van der Waals surface area (Å²) < 4.78 is 9.53. The van der Waals surface area contributed by atoms with Gasteiger partial charge in [-0.3, -0.25) is 0 Å². The molecule has 0 saturated carbocycles. The quantitative estimate of drug-likeness (QED) is 0.153. The van der Waals surface area contributed by atoms with Crippen LogP contribution >= 0.6 is 0 Å². The van der Waals surface area contributed by atoms with E-state index in [2.05, 4.69) is 218 Å². The fourth-order valence-corrected chi connectivity index (χ4v) is 13.1. The number of fused-ring (bicyclic) bond motifs is 19. The van der Waals surface area contributed by atoms with Crippen molar-refractivity contribution >= 4 is 72.9 Å². The summed E-state index contributed by atoms with van der Waals surface area (Å²) in [6.07, 6.45) is 0.